The van der Waals surface area contributed by atoms with Gasteiger partial charge in [0.2, 0.25) is 0 Å². The fourth-order valence-corrected chi connectivity index (χ4v) is 3.45. The second kappa shape index (κ2) is 6.07. The molecule has 0 aliphatic heterocycles. The number of nitrogens with two attached hydrogens (primary N) is 1. The second-order valence-corrected chi connectivity index (χ2v) is 6.51. The van der Waals surface area contributed by atoms with Crippen LogP contribution in [-0.4, -0.2) is 30.6 Å². The fourth-order valence-electron chi connectivity index (χ4n) is 2.27. The Labute approximate surface area is 127 Å². The lowest BCUT2D eigenvalue weighted by Gasteiger charge is -2.11. The van der Waals surface area contributed by atoms with Crippen molar-refractivity contribution < 1.29 is 0 Å². The van der Waals surface area contributed by atoms with Crippen LogP contribution in [0.2, 0.25) is 0 Å². The molecule has 0 saturated carbocycles. The quantitative estimate of drug-likeness (QED) is 0.866. The number of aryl methyl sites for hydroxylation is 2. The van der Waals surface area contributed by atoms with E-state index in [2.05, 4.69) is 15.3 Å². The third-order valence-electron chi connectivity index (χ3n) is 3.19. The standard InChI is InChI=1S/C13H22N6OS/c1-7(2)19-12(20)15-16-13(19)21-11-10(6-8(3)14)9(4)17-18(11)5/h7-8H,6,14H2,1-5H3,(H,15,20). The van der Waals surface area contributed by atoms with Crippen LogP contribution in [-0.2, 0) is 13.5 Å². The lowest BCUT2D eigenvalue weighted by Crippen LogP contribution is -2.20. The molecule has 0 bridgehead atoms. The number of H-pyrrole nitrogens is 1. The van der Waals surface area contributed by atoms with Crippen molar-refractivity contribution in [3.8, 4) is 0 Å². The summed E-state index contributed by atoms with van der Waals surface area (Å²) in [4.78, 5) is 11.8. The van der Waals surface area contributed by atoms with Crippen LogP contribution < -0.4 is 11.4 Å². The topological polar surface area (TPSA) is 94.5 Å². The fraction of sp³-hybridized carbons (Fsp3) is 0.615. The SMILES string of the molecule is Cc1nn(C)c(Sc2n[nH]c(=O)n2C(C)C)c1CC(C)N. The Morgan fingerprint density at radius 1 is 1.38 bits per heavy atom. The first-order valence-electron chi connectivity index (χ1n) is 6.94. The van der Waals surface area contributed by atoms with Crippen molar-refractivity contribution in [2.24, 2.45) is 12.8 Å². The minimum atomic E-state index is -0.194. The second-order valence-electron chi connectivity index (χ2n) is 5.55. The smallest absolute Gasteiger partial charge is 0.328 e. The summed E-state index contributed by atoms with van der Waals surface area (Å²) in [5, 5.41) is 12.7. The van der Waals surface area contributed by atoms with Gasteiger partial charge in [0.15, 0.2) is 5.16 Å². The molecule has 0 radical (unpaired) electrons. The zero-order valence-electron chi connectivity index (χ0n) is 13.0. The Morgan fingerprint density at radius 2 is 2.05 bits per heavy atom. The third-order valence-corrected chi connectivity index (χ3v) is 4.37. The van der Waals surface area contributed by atoms with Crippen molar-refractivity contribution in [1.29, 1.82) is 0 Å². The first-order chi connectivity index (χ1) is 9.81. The van der Waals surface area contributed by atoms with Crippen LogP contribution in [0.4, 0.5) is 0 Å². The van der Waals surface area contributed by atoms with E-state index < -0.39 is 0 Å². The predicted octanol–water partition coefficient (Wildman–Crippen LogP) is 1.24. The van der Waals surface area contributed by atoms with Gasteiger partial charge < -0.3 is 5.73 Å². The van der Waals surface area contributed by atoms with Crippen LogP contribution in [0.5, 0.6) is 0 Å². The minimum absolute atomic E-state index is 0.0463. The lowest BCUT2D eigenvalue weighted by atomic mass is 10.1. The monoisotopic (exact) mass is 310 g/mol. The normalized spacial score (nSPS) is 13.1. The molecular weight excluding hydrogens is 288 g/mol. The van der Waals surface area contributed by atoms with E-state index >= 15 is 0 Å². The van der Waals surface area contributed by atoms with Gasteiger partial charge in [0.05, 0.1) is 5.69 Å². The van der Waals surface area contributed by atoms with Gasteiger partial charge in [0, 0.05) is 24.7 Å². The van der Waals surface area contributed by atoms with Crippen molar-refractivity contribution in [1.82, 2.24) is 24.5 Å². The lowest BCUT2D eigenvalue weighted by molar-refractivity contribution is 0.533. The molecule has 1 atom stereocenters. The molecule has 3 N–H and O–H groups in total. The average molecular weight is 310 g/mol. The number of nitrogens with one attached hydrogen (secondary N) is 1. The summed E-state index contributed by atoms with van der Waals surface area (Å²) in [5.74, 6) is 0. The van der Waals surface area contributed by atoms with Crippen molar-refractivity contribution >= 4 is 11.8 Å². The van der Waals surface area contributed by atoms with Gasteiger partial charge in [-0.15, -0.1) is 5.10 Å². The van der Waals surface area contributed by atoms with Crippen LogP contribution >= 0.6 is 11.8 Å². The maximum absolute atomic E-state index is 11.8. The van der Waals surface area contributed by atoms with E-state index in [9.17, 15) is 4.79 Å². The van der Waals surface area contributed by atoms with Gasteiger partial charge in [0.1, 0.15) is 5.03 Å². The molecule has 21 heavy (non-hydrogen) atoms. The average Bonchev–Trinajstić information content (AvgIpc) is 2.84. The third kappa shape index (κ3) is 3.21. The number of hydrogen-bond donors (Lipinski definition) is 2. The minimum Gasteiger partial charge on any atom is -0.328 e. The maximum Gasteiger partial charge on any atom is 0.344 e. The Kier molecular flexibility index (Phi) is 4.58. The Hall–Kier alpha value is -1.54. The summed E-state index contributed by atoms with van der Waals surface area (Å²) < 4.78 is 3.46. The molecule has 2 rings (SSSR count). The van der Waals surface area contributed by atoms with Gasteiger partial charge in [-0.25, -0.2) is 9.89 Å². The van der Waals surface area contributed by atoms with Crippen LogP contribution in [0.15, 0.2) is 15.0 Å². The molecule has 0 aliphatic rings. The molecule has 8 heteroatoms. The van der Waals surface area contributed by atoms with Gasteiger partial charge in [-0.1, -0.05) is 0 Å². The molecule has 0 aromatic carbocycles. The summed E-state index contributed by atoms with van der Waals surface area (Å²) in [5.41, 5.74) is 7.81. The molecule has 1 unspecified atom stereocenters. The summed E-state index contributed by atoms with van der Waals surface area (Å²) in [6.07, 6.45) is 0.748. The van der Waals surface area contributed by atoms with Crippen molar-refractivity contribution in [2.75, 3.05) is 0 Å². The summed E-state index contributed by atoms with van der Waals surface area (Å²) in [6, 6.07) is 0.101. The molecule has 0 spiro atoms. The van der Waals surface area contributed by atoms with E-state index in [-0.39, 0.29) is 17.8 Å². The zero-order chi connectivity index (χ0) is 15.7. The molecule has 2 heterocycles. The van der Waals surface area contributed by atoms with Crippen LogP contribution in [0.1, 0.15) is 38.1 Å². The van der Waals surface area contributed by atoms with Gasteiger partial charge in [-0.05, 0) is 45.9 Å². The highest BCUT2D eigenvalue weighted by Gasteiger charge is 2.20. The summed E-state index contributed by atoms with van der Waals surface area (Å²) in [6.45, 7) is 7.86. The maximum atomic E-state index is 11.8. The highest BCUT2D eigenvalue weighted by molar-refractivity contribution is 7.99. The van der Waals surface area contributed by atoms with Crippen molar-refractivity contribution in [2.45, 2.75) is 56.4 Å². The van der Waals surface area contributed by atoms with Gasteiger partial charge in [0.25, 0.3) is 0 Å². The molecule has 0 amide bonds. The zero-order valence-corrected chi connectivity index (χ0v) is 13.9. The number of rotatable bonds is 5. The first-order valence-corrected chi connectivity index (χ1v) is 7.75. The van der Waals surface area contributed by atoms with Gasteiger partial charge >= 0.3 is 5.69 Å². The number of hydrogen-bond acceptors (Lipinski definition) is 5. The molecule has 0 aliphatic carbocycles. The van der Waals surface area contributed by atoms with Crippen molar-refractivity contribution in [3.05, 3.63) is 21.7 Å². The summed E-state index contributed by atoms with van der Waals surface area (Å²) >= 11 is 1.44. The molecule has 2 aromatic rings. The van der Waals surface area contributed by atoms with E-state index in [1.165, 1.54) is 11.8 Å². The molecule has 0 saturated heterocycles. The van der Waals surface area contributed by atoms with E-state index in [1.807, 2.05) is 39.4 Å². The first kappa shape index (κ1) is 15.8. The van der Waals surface area contributed by atoms with Gasteiger partial charge in [-0.2, -0.15) is 5.10 Å². The molecule has 116 valence electrons. The van der Waals surface area contributed by atoms with Gasteiger partial charge in [-0.3, -0.25) is 9.25 Å². The number of aromatic amines is 1. The Bertz CT molecular complexity index is 681. The van der Waals surface area contributed by atoms with E-state index in [4.69, 9.17) is 5.73 Å². The Balaban J connectivity index is 2.43. The predicted molar refractivity (Wildman–Crippen MR) is 82.7 cm³/mol. The largest absolute Gasteiger partial charge is 0.344 e. The molecule has 7 nitrogen and oxygen atoms in total. The van der Waals surface area contributed by atoms with E-state index in [1.54, 1.807) is 4.57 Å². The molecule has 2 aromatic heterocycles. The number of aromatic nitrogens is 5. The Morgan fingerprint density at radius 3 is 2.62 bits per heavy atom. The highest BCUT2D eigenvalue weighted by Crippen LogP contribution is 2.31. The van der Waals surface area contributed by atoms with E-state index in [0.29, 0.717) is 5.16 Å². The molecule has 0 fully saturated rings. The summed E-state index contributed by atoms with van der Waals surface area (Å²) in [7, 11) is 1.89. The van der Waals surface area contributed by atoms with Crippen molar-refractivity contribution in [3.63, 3.8) is 0 Å². The van der Waals surface area contributed by atoms with Crippen LogP contribution in [0, 0.1) is 6.92 Å². The van der Waals surface area contributed by atoms with E-state index in [0.717, 1.165) is 22.7 Å². The number of nitrogens with zero attached hydrogens (tertiary/aromatic N) is 4. The van der Waals surface area contributed by atoms with Crippen LogP contribution in [0.25, 0.3) is 0 Å². The van der Waals surface area contributed by atoms with Crippen LogP contribution in [0.3, 0.4) is 0 Å². The highest BCUT2D eigenvalue weighted by atomic mass is 32.2. The molecular formula is C13H22N6OS.